The van der Waals surface area contributed by atoms with E-state index in [4.69, 9.17) is 4.74 Å². The summed E-state index contributed by atoms with van der Waals surface area (Å²) >= 11 is 0. The summed E-state index contributed by atoms with van der Waals surface area (Å²) in [5.41, 5.74) is -0.179. The zero-order chi connectivity index (χ0) is 15.0. The van der Waals surface area contributed by atoms with E-state index >= 15 is 0 Å². The first kappa shape index (κ1) is 11.2. The average Bonchev–Trinajstić information content (AvgIpc) is 3.19. The molecule has 0 radical (unpaired) electrons. The van der Waals surface area contributed by atoms with E-state index in [0.29, 0.717) is 24.2 Å². The van der Waals surface area contributed by atoms with Crippen molar-refractivity contribution >= 4 is 0 Å². The van der Waals surface area contributed by atoms with Crippen LogP contribution in [0.3, 0.4) is 0 Å². The molecule has 7 aliphatic heterocycles. The predicted octanol–water partition coefficient (Wildman–Crippen LogP) is -1.71. The first-order valence-electron chi connectivity index (χ1n) is 8.70. The molecule has 9 rings (SSSR count). The van der Waals surface area contributed by atoms with Gasteiger partial charge in [-0.2, -0.15) is 0 Å². The van der Waals surface area contributed by atoms with E-state index in [1.54, 1.807) is 7.05 Å². The molecular formula is C15H17N5O3. The minimum Gasteiger partial charge on any atom is -0.380 e. The minimum absolute atomic E-state index is 0.0480. The summed E-state index contributed by atoms with van der Waals surface area (Å²) in [6, 6.07) is 2.06. The third kappa shape index (κ3) is 0.653. The van der Waals surface area contributed by atoms with Crippen molar-refractivity contribution in [3.63, 3.8) is 0 Å². The number of aromatic nitrogens is 3. The largest absolute Gasteiger partial charge is 0.380 e. The minimum atomic E-state index is -0.138. The smallest absolute Gasteiger partial charge is 0.347 e. The number of nitrogens with zero attached hydrogens (tertiary/aromatic N) is 5. The molecule has 8 nitrogen and oxygen atoms in total. The van der Waals surface area contributed by atoms with Crippen molar-refractivity contribution in [3.05, 3.63) is 21.0 Å². The van der Waals surface area contributed by atoms with Gasteiger partial charge >= 0.3 is 11.4 Å². The van der Waals surface area contributed by atoms with Gasteiger partial charge in [-0.15, -0.1) is 0 Å². The van der Waals surface area contributed by atoms with Crippen molar-refractivity contribution in [1.29, 1.82) is 0 Å². The first-order chi connectivity index (χ1) is 11.2. The highest BCUT2D eigenvalue weighted by atomic mass is 16.5. The van der Waals surface area contributed by atoms with Crippen LogP contribution in [-0.2, 0) is 11.8 Å². The van der Waals surface area contributed by atoms with Crippen molar-refractivity contribution in [2.75, 3.05) is 13.2 Å². The molecule has 4 bridgehead atoms. The summed E-state index contributed by atoms with van der Waals surface area (Å²) < 4.78 is 11.1. The van der Waals surface area contributed by atoms with Crippen LogP contribution >= 0.6 is 0 Å². The third-order valence-electron chi connectivity index (χ3n) is 8.74. The monoisotopic (exact) mass is 315 g/mol. The standard InChI is InChI=1S/C15H17N5O3/c1-16-12(21)19-10-8-9-11(20(19)13(16)22)15-5-23-4-14(10,15)6-2-3-7(15)18(9)17(6)8/h6-11H,2-5H2,1H3. The van der Waals surface area contributed by atoms with Gasteiger partial charge in [0, 0.05) is 30.0 Å². The van der Waals surface area contributed by atoms with Crippen molar-refractivity contribution in [3.8, 4) is 0 Å². The number of rotatable bonds is 0. The zero-order valence-corrected chi connectivity index (χ0v) is 12.8. The van der Waals surface area contributed by atoms with E-state index in [2.05, 4.69) is 10.0 Å². The molecular weight excluding hydrogens is 298 g/mol. The Hall–Kier alpha value is -1.38. The van der Waals surface area contributed by atoms with Crippen LogP contribution in [0.15, 0.2) is 9.59 Å². The molecule has 1 aromatic heterocycles. The van der Waals surface area contributed by atoms with Gasteiger partial charge in [-0.05, 0) is 12.8 Å². The number of hydrogen-bond acceptors (Lipinski definition) is 5. The normalized spacial score (nSPS) is 59.0. The maximum atomic E-state index is 12.8. The molecule has 6 fully saturated rings. The van der Waals surface area contributed by atoms with Gasteiger partial charge in [0.25, 0.3) is 0 Å². The summed E-state index contributed by atoms with van der Waals surface area (Å²) in [6.07, 6.45) is 2.43. The lowest BCUT2D eigenvalue weighted by Crippen LogP contribution is -2.76. The number of hydrazine groups is 1. The highest BCUT2D eigenvalue weighted by molar-refractivity contribution is 5.43. The Bertz CT molecular complexity index is 888. The van der Waals surface area contributed by atoms with E-state index in [1.165, 1.54) is 17.4 Å². The van der Waals surface area contributed by atoms with E-state index in [-0.39, 0.29) is 34.3 Å². The third-order valence-corrected chi connectivity index (χ3v) is 8.74. The molecule has 8 atom stereocenters. The van der Waals surface area contributed by atoms with Crippen molar-refractivity contribution in [1.82, 2.24) is 23.9 Å². The Kier molecular flexibility index (Phi) is 1.30. The summed E-state index contributed by atoms with van der Waals surface area (Å²) in [4.78, 5) is 25.6. The molecule has 2 spiro atoms. The van der Waals surface area contributed by atoms with Crippen LogP contribution in [0.2, 0.25) is 0 Å². The average molecular weight is 315 g/mol. The first-order valence-corrected chi connectivity index (χ1v) is 8.70. The lowest BCUT2D eigenvalue weighted by Gasteiger charge is -2.62. The Balaban J connectivity index is 1.62. The van der Waals surface area contributed by atoms with Crippen LogP contribution in [0, 0.1) is 10.8 Å². The predicted molar refractivity (Wildman–Crippen MR) is 75.8 cm³/mol. The summed E-state index contributed by atoms with van der Waals surface area (Å²) in [5, 5.41) is 5.17. The lowest BCUT2D eigenvalue weighted by atomic mass is 9.47. The van der Waals surface area contributed by atoms with Gasteiger partial charge in [-0.1, -0.05) is 0 Å². The number of hydrogen-bond donors (Lipinski definition) is 0. The second kappa shape index (κ2) is 2.66. The Morgan fingerprint density at radius 1 is 0.913 bits per heavy atom. The van der Waals surface area contributed by atoms with E-state index in [1.807, 2.05) is 9.36 Å². The zero-order valence-electron chi connectivity index (χ0n) is 12.8. The molecule has 120 valence electrons. The van der Waals surface area contributed by atoms with Crippen LogP contribution in [0.1, 0.15) is 24.9 Å². The lowest BCUT2D eigenvalue weighted by molar-refractivity contribution is -0.260. The molecule has 0 aromatic carbocycles. The molecule has 8 aliphatic rings. The van der Waals surface area contributed by atoms with Gasteiger partial charge in [0.1, 0.15) is 0 Å². The van der Waals surface area contributed by atoms with Crippen LogP contribution in [0.5, 0.6) is 0 Å². The highest BCUT2D eigenvalue weighted by Gasteiger charge is 2.95. The molecule has 0 N–H and O–H groups in total. The van der Waals surface area contributed by atoms with Crippen molar-refractivity contribution in [2.24, 2.45) is 17.9 Å². The second-order valence-corrected chi connectivity index (χ2v) is 8.63. The fourth-order valence-electron chi connectivity index (χ4n) is 8.52. The molecule has 8 unspecified atom stereocenters. The van der Waals surface area contributed by atoms with Crippen molar-refractivity contribution in [2.45, 2.75) is 49.1 Å². The fraction of sp³-hybridized carbons (Fsp3) is 0.867. The summed E-state index contributed by atoms with van der Waals surface area (Å²) in [7, 11) is 1.62. The van der Waals surface area contributed by atoms with E-state index in [0.717, 1.165) is 13.2 Å². The topological polar surface area (TPSA) is 64.6 Å². The SMILES string of the molecule is Cn1c(=O)n2n(c1=O)C1C3C4C2C25COCC12C1CCC5N4N31. The fourth-order valence-corrected chi connectivity index (χ4v) is 8.52. The van der Waals surface area contributed by atoms with Gasteiger partial charge in [0.2, 0.25) is 0 Å². The quantitative estimate of drug-likeness (QED) is 0.570. The Morgan fingerprint density at radius 3 is 1.87 bits per heavy atom. The molecule has 1 saturated carbocycles. The van der Waals surface area contributed by atoms with Gasteiger partial charge in [-0.25, -0.2) is 33.5 Å². The molecule has 5 saturated heterocycles. The molecule has 23 heavy (non-hydrogen) atoms. The number of ether oxygens (including phenoxy) is 1. The van der Waals surface area contributed by atoms with Crippen LogP contribution in [0.4, 0.5) is 0 Å². The van der Waals surface area contributed by atoms with E-state index in [9.17, 15) is 9.59 Å². The van der Waals surface area contributed by atoms with E-state index < -0.39 is 0 Å². The second-order valence-electron chi connectivity index (χ2n) is 8.63. The van der Waals surface area contributed by atoms with Gasteiger partial charge < -0.3 is 4.74 Å². The maximum Gasteiger partial charge on any atom is 0.347 e. The highest BCUT2D eigenvalue weighted by Crippen LogP contribution is 2.84. The van der Waals surface area contributed by atoms with Crippen molar-refractivity contribution < 1.29 is 4.74 Å². The number of fused-ring (bicyclic) bond motifs is 1. The molecule has 8 heterocycles. The van der Waals surface area contributed by atoms with Crippen LogP contribution in [0.25, 0.3) is 0 Å². The molecule has 0 amide bonds. The maximum absolute atomic E-state index is 12.8. The van der Waals surface area contributed by atoms with Crippen LogP contribution < -0.4 is 11.4 Å². The van der Waals surface area contributed by atoms with Crippen LogP contribution in [-0.4, -0.2) is 61.3 Å². The Morgan fingerprint density at radius 2 is 1.39 bits per heavy atom. The summed E-state index contributed by atoms with van der Waals surface area (Å²) in [5.74, 6) is 0. The molecule has 1 aromatic rings. The molecule has 1 aliphatic carbocycles. The van der Waals surface area contributed by atoms with Gasteiger partial charge in [0.15, 0.2) is 0 Å². The van der Waals surface area contributed by atoms with Gasteiger partial charge in [0.05, 0.1) is 37.4 Å². The summed E-state index contributed by atoms with van der Waals surface area (Å²) in [6.45, 7) is 1.52. The van der Waals surface area contributed by atoms with Gasteiger partial charge in [-0.3, -0.25) is 0 Å². The molecule has 8 heteroatoms. The Labute approximate surface area is 130 Å².